The fraction of sp³-hybridized carbons (Fsp3) is 0.560. The summed E-state index contributed by atoms with van der Waals surface area (Å²) in [5.74, 6) is -4.04. The average Bonchev–Trinajstić information content (AvgIpc) is 2.83. The lowest BCUT2D eigenvalue weighted by Gasteiger charge is -2.25. The van der Waals surface area contributed by atoms with Crippen molar-refractivity contribution in [2.45, 2.75) is 70.1 Å². The highest BCUT2D eigenvalue weighted by atomic mass is 32.2. The summed E-state index contributed by atoms with van der Waals surface area (Å²) in [4.78, 5) is 61.7. The number of nitrogens with two attached hydrogens (primary N) is 1. The molecule has 0 radical (unpaired) electrons. The van der Waals surface area contributed by atoms with E-state index in [0.717, 1.165) is 0 Å². The molecule has 0 aliphatic carbocycles. The van der Waals surface area contributed by atoms with Gasteiger partial charge in [0.1, 0.15) is 23.9 Å². The van der Waals surface area contributed by atoms with Crippen LogP contribution in [0.1, 0.15) is 45.1 Å². The summed E-state index contributed by atoms with van der Waals surface area (Å²) >= 11 is 1.41. The monoisotopic (exact) mass is 554 g/mol. The predicted octanol–water partition coefficient (Wildman–Crippen LogP) is 0.465. The van der Waals surface area contributed by atoms with E-state index >= 15 is 0 Å². The van der Waals surface area contributed by atoms with Crippen LogP contribution in [0.4, 0.5) is 0 Å². The van der Waals surface area contributed by atoms with Crippen molar-refractivity contribution in [1.29, 1.82) is 0 Å². The number of carbonyl (C=O) groups excluding carboxylic acids is 3. The number of carboxylic acid groups (broad SMARTS) is 2. The summed E-state index contributed by atoms with van der Waals surface area (Å²) in [6, 6.07) is 1.23. The van der Waals surface area contributed by atoms with Gasteiger partial charge < -0.3 is 37.0 Å². The molecule has 3 amide bonds. The lowest BCUT2D eigenvalue weighted by molar-refractivity contribution is -0.142. The van der Waals surface area contributed by atoms with Crippen molar-refractivity contribution in [2.24, 2.45) is 11.7 Å². The summed E-state index contributed by atoms with van der Waals surface area (Å²) in [5.41, 5.74) is 6.47. The van der Waals surface area contributed by atoms with Crippen molar-refractivity contribution in [1.82, 2.24) is 16.0 Å². The Hall–Kier alpha value is -3.32. The molecule has 0 fully saturated rings. The van der Waals surface area contributed by atoms with E-state index in [1.54, 1.807) is 18.4 Å². The number of benzene rings is 1. The Bertz CT molecular complexity index is 957. The van der Waals surface area contributed by atoms with Crippen LogP contribution in [-0.2, 0) is 30.4 Å². The molecule has 1 aromatic carbocycles. The smallest absolute Gasteiger partial charge is 0.326 e. The zero-order chi connectivity index (χ0) is 28.8. The van der Waals surface area contributed by atoms with Crippen LogP contribution in [0.5, 0.6) is 5.75 Å². The third-order valence-electron chi connectivity index (χ3n) is 5.58. The number of hydrogen-bond donors (Lipinski definition) is 7. The fourth-order valence-electron chi connectivity index (χ4n) is 3.55. The van der Waals surface area contributed by atoms with Gasteiger partial charge in [-0.1, -0.05) is 26.0 Å². The third-order valence-corrected chi connectivity index (χ3v) is 6.22. The van der Waals surface area contributed by atoms with Crippen LogP contribution in [0.2, 0.25) is 0 Å². The van der Waals surface area contributed by atoms with Crippen molar-refractivity contribution < 1.29 is 39.3 Å². The second kappa shape index (κ2) is 16.5. The molecule has 38 heavy (non-hydrogen) atoms. The second-order valence-corrected chi connectivity index (χ2v) is 10.3. The van der Waals surface area contributed by atoms with Gasteiger partial charge in [0.2, 0.25) is 17.7 Å². The van der Waals surface area contributed by atoms with Gasteiger partial charge in [-0.3, -0.25) is 19.2 Å². The highest BCUT2D eigenvalue weighted by Crippen LogP contribution is 2.13. The van der Waals surface area contributed by atoms with Crippen LogP contribution in [-0.4, -0.2) is 81.2 Å². The highest BCUT2D eigenvalue weighted by molar-refractivity contribution is 7.98. The van der Waals surface area contributed by atoms with E-state index in [4.69, 9.17) is 10.8 Å². The van der Waals surface area contributed by atoms with Gasteiger partial charge in [-0.2, -0.15) is 11.8 Å². The number of hydrogen-bond acceptors (Lipinski definition) is 8. The first kappa shape index (κ1) is 32.7. The molecule has 0 aliphatic rings. The molecule has 12 nitrogen and oxygen atoms in total. The molecular formula is C25H38N4O8S. The maximum absolute atomic E-state index is 13.2. The zero-order valence-electron chi connectivity index (χ0n) is 21.8. The number of phenols is 1. The first-order valence-electron chi connectivity index (χ1n) is 12.2. The maximum atomic E-state index is 13.2. The van der Waals surface area contributed by atoms with Crippen LogP contribution in [0.25, 0.3) is 0 Å². The number of thioether (sulfide) groups is 1. The Morgan fingerprint density at radius 2 is 1.42 bits per heavy atom. The van der Waals surface area contributed by atoms with Gasteiger partial charge >= 0.3 is 11.9 Å². The van der Waals surface area contributed by atoms with E-state index in [9.17, 15) is 34.2 Å². The van der Waals surface area contributed by atoms with Gasteiger partial charge in [-0.15, -0.1) is 0 Å². The molecule has 0 bridgehead atoms. The molecule has 0 spiro atoms. The molecular weight excluding hydrogens is 516 g/mol. The predicted molar refractivity (Wildman–Crippen MR) is 143 cm³/mol. The number of carboxylic acids is 2. The Balaban J connectivity index is 3.16. The van der Waals surface area contributed by atoms with Crippen LogP contribution in [0.3, 0.4) is 0 Å². The average molecular weight is 555 g/mol. The van der Waals surface area contributed by atoms with Gasteiger partial charge in [-0.05, 0) is 54.9 Å². The summed E-state index contributed by atoms with van der Waals surface area (Å²) in [7, 11) is 0. The van der Waals surface area contributed by atoms with Crippen LogP contribution >= 0.6 is 11.8 Å². The molecule has 212 valence electrons. The second-order valence-electron chi connectivity index (χ2n) is 9.34. The Morgan fingerprint density at radius 1 is 0.868 bits per heavy atom. The summed E-state index contributed by atoms with van der Waals surface area (Å²) in [6.45, 7) is 3.75. The lowest BCUT2D eigenvalue weighted by atomic mass is 10.0. The van der Waals surface area contributed by atoms with E-state index in [1.807, 2.05) is 13.8 Å². The topological polar surface area (TPSA) is 208 Å². The van der Waals surface area contributed by atoms with Crippen LogP contribution < -0.4 is 21.7 Å². The first-order chi connectivity index (χ1) is 17.8. The molecule has 0 aliphatic heterocycles. The highest BCUT2D eigenvalue weighted by Gasteiger charge is 2.31. The molecule has 1 rings (SSSR count). The van der Waals surface area contributed by atoms with Crippen LogP contribution in [0.15, 0.2) is 24.3 Å². The van der Waals surface area contributed by atoms with Gasteiger partial charge in [0.15, 0.2) is 0 Å². The Morgan fingerprint density at radius 3 is 1.95 bits per heavy atom. The van der Waals surface area contributed by atoms with Gasteiger partial charge in [0, 0.05) is 12.8 Å². The van der Waals surface area contributed by atoms with Gasteiger partial charge in [0.25, 0.3) is 0 Å². The van der Waals surface area contributed by atoms with Crippen molar-refractivity contribution in [3.05, 3.63) is 29.8 Å². The van der Waals surface area contributed by atoms with Gasteiger partial charge in [0.05, 0.1) is 6.04 Å². The molecule has 13 heteroatoms. The largest absolute Gasteiger partial charge is 0.508 e. The number of aromatic hydroxyl groups is 1. The van der Waals surface area contributed by atoms with E-state index in [2.05, 4.69) is 16.0 Å². The summed E-state index contributed by atoms with van der Waals surface area (Å²) < 4.78 is 0. The molecule has 0 heterocycles. The zero-order valence-corrected chi connectivity index (χ0v) is 22.6. The maximum Gasteiger partial charge on any atom is 0.326 e. The molecule has 8 N–H and O–H groups in total. The van der Waals surface area contributed by atoms with Gasteiger partial charge in [-0.25, -0.2) is 4.79 Å². The third kappa shape index (κ3) is 12.3. The van der Waals surface area contributed by atoms with E-state index in [1.165, 1.54) is 23.9 Å². The fourth-order valence-corrected chi connectivity index (χ4v) is 4.02. The molecule has 0 saturated carbocycles. The first-order valence-corrected chi connectivity index (χ1v) is 13.6. The number of amides is 3. The number of phenolic OH excluding ortho intramolecular Hbond substituents is 1. The SMILES string of the molecule is CSCCC(NC(=O)C(Cc1ccc(O)cc1)NC(=O)C(CCC(=O)O)NC(=O)C(N)CC(C)C)C(=O)O. The van der Waals surface area contributed by atoms with E-state index in [-0.39, 0.29) is 30.9 Å². The standard InChI is InChI=1S/C25H38N4O8S/c1-14(2)12-17(26)22(33)27-18(8-9-21(31)32)23(34)29-20(13-15-4-6-16(30)7-5-15)24(35)28-19(25(36)37)10-11-38-3/h4-7,14,17-20,30H,8-13,26H2,1-3H3,(H,27,33)(H,28,35)(H,29,34)(H,31,32)(H,36,37). The molecule has 0 aromatic heterocycles. The Labute approximate surface area is 226 Å². The lowest BCUT2D eigenvalue weighted by Crippen LogP contribution is -2.57. The number of carbonyl (C=O) groups is 5. The van der Waals surface area contributed by atoms with Crippen molar-refractivity contribution in [2.75, 3.05) is 12.0 Å². The minimum atomic E-state index is -1.29. The van der Waals surface area contributed by atoms with Crippen molar-refractivity contribution >= 4 is 41.4 Å². The minimum absolute atomic E-state index is 0.00372. The molecule has 0 saturated heterocycles. The molecule has 1 aromatic rings. The number of rotatable bonds is 17. The Kier molecular flexibility index (Phi) is 14.2. The number of aliphatic carboxylic acids is 2. The summed E-state index contributed by atoms with van der Waals surface area (Å²) in [6.07, 6.45) is 1.57. The quantitative estimate of drug-likeness (QED) is 0.141. The number of nitrogens with one attached hydrogen (secondary N) is 3. The summed E-state index contributed by atoms with van der Waals surface area (Å²) in [5, 5.41) is 35.6. The van der Waals surface area contributed by atoms with E-state index in [0.29, 0.717) is 17.7 Å². The molecule has 4 atom stereocenters. The van der Waals surface area contributed by atoms with Crippen molar-refractivity contribution in [3.63, 3.8) is 0 Å². The van der Waals surface area contributed by atoms with Crippen molar-refractivity contribution in [3.8, 4) is 5.75 Å². The van der Waals surface area contributed by atoms with Crippen LogP contribution in [0, 0.1) is 5.92 Å². The minimum Gasteiger partial charge on any atom is -0.508 e. The normalized spacial score (nSPS) is 14.1. The molecule has 4 unspecified atom stereocenters. The van der Waals surface area contributed by atoms with E-state index < -0.39 is 60.2 Å².